The number of carbonyl (C=O) groups excluding carboxylic acids is 1. The fraction of sp³-hybridized carbons (Fsp3) is 0.444. The van der Waals surface area contributed by atoms with Crippen LogP contribution in [0.1, 0.15) is 37.6 Å². The van der Waals surface area contributed by atoms with Crippen molar-refractivity contribution in [1.82, 2.24) is 19.6 Å². The van der Waals surface area contributed by atoms with Crippen molar-refractivity contribution in [2.24, 2.45) is 0 Å². The van der Waals surface area contributed by atoms with Gasteiger partial charge < -0.3 is 14.6 Å². The molecule has 1 heterocycles. The summed E-state index contributed by atoms with van der Waals surface area (Å²) in [6.07, 6.45) is 6.01. The van der Waals surface area contributed by atoms with Gasteiger partial charge in [0.1, 0.15) is 10.6 Å². The lowest BCUT2D eigenvalue weighted by molar-refractivity contribution is 0.0952. The Morgan fingerprint density at radius 2 is 2.11 bits per heavy atom. The SMILES string of the molecule is CCOc1ccc(C(=O)NCCCn2ccnc2)cc1S(=O)(=O)NC(C)C. The van der Waals surface area contributed by atoms with Crippen LogP contribution < -0.4 is 14.8 Å². The zero-order chi connectivity index (χ0) is 19.9. The minimum Gasteiger partial charge on any atom is -0.492 e. The predicted molar refractivity (Wildman–Crippen MR) is 102 cm³/mol. The van der Waals surface area contributed by atoms with E-state index in [-0.39, 0.29) is 28.2 Å². The zero-order valence-electron chi connectivity index (χ0n) is 15.8. The van der Waals surface area contributed by atoms with Gasteiger partial charge in [-0.3, -0.25) is 4.79 Å². The summed E-state index contributed by atoms with van der Waals surface area (Å²) in [6.45, 7) is 6.76. The second-order valence-electron chi connectivity index (χ2n) is 6.28. The first-order valence-corrected chi connectivity index (χ1v) is 10.3. The van der Waals surface area contributed by atoms with E-state index in [1.807, 2.05) is 10.8 Å². The van der Waals surface area contributed by atoms with Crippen LogP contribution in [0.15, 0.2) is 41.8 Å². The number of aromatic nitrogens is 2. The Morgan fingerprint density at radius 1 is 1.33 bits per heavy atom. The molecule has 8 nitrogen and oxygen atoms in total. The highest BCUT2D eigenvalue weighted by Gasteiger charge is 2.22. The second kappa shape index (κ2) is 9.52. The average molecular weight is 394 g/mol. The fourth-order valence-electron chi connectivity index (χ4n) is 2.49. The first-order valence-electron chi connectivity index (χ1n) is 8.86. The number of rotatable bonds is 10. The summed E-state index contributed by atoms with van der Waals surface area (Å²) in [7, 11) is -3.79. The molecular formula is C18H26N4O4S. The molecule has 0 fully saturated rings. The molecule has 0 saturated heterocycles. The van der Waals surface area contributed by atoms with Crippen LogP contribution >= 0.6 is 0 Å². The number of sulfonamides is 1. The summed E-state index contributed by atoms with van der Waals surface area (Å²) in [5.74, 6) is -0.105. The van der Waals surface area contributed by atoms with E-state index in [1.165, 1.54) is 12.1 Å². The van der Waals surface area contributed by atoms with E-state index in [2.05, 4.69) is 15.0 Å². The van der Waals surface area contributed by atoms with Crippen LogP contribution in [0.3, 0.4) is 0 Å². The van der Waals surface area contributed by atoms with Crippen molar-refractivity contribution in [3.05, 3.63) is 42.5 Å². The minimum absolute atomic E-state index is 0.0379. The van der Waals surface area contributed by atoms with Crippen LogP contribution in [0.5, 0.6) is 5.75 Å². The van der Waals surface area contributed by atoms with Gasteiger partial charge in [0, 0.05) is 37.1 Å². The molecule has 0 radical (unpaired) electrons. The third kappa shape index (κ3) is 6.07. The number of imidazole rings is 1. The molecule has 0 bridgehead atoms. The van der Waals surface area contributed by atoms with Crippen LogP contribution in [0.4, 0.5) is 0 Å². The molecular weight excluding hydrogens is 368 g/mol. The van der Waals surface area contributed by atoms with Gasteiger partial charge in [-0.25, -0.2) is 18.1 Å². The first-order chi connectivity index (χ1) is 12.8. The lowest BCUT2D eigenvalue weighted by Crippen LogP contribution is -2.31. The van der Waals surface area contributed by atoms with Gasteiger partial charge in [0.2, 0.25) is 10.0 Å². The first kappa shape index (κ1) is 20.9. The number of amides is 1. The molecule has 0 aliphatic rings. The Labute approximate surface area is 160 Å². The van der Waals surface area contributed by atoms with Crippen molar-refractivity contribution in [3.8, 4) is 5.75 Å². The smallest absolute Gasteiger partial charge is 0.251 e. The Kier molecular flexibility index (Phi) is 7.37. The summed E-state index contributed by atoms with van der Waals surface area (Å²) >= 11 is 0. The predicted octanol–water partition coefficient (Wildman–Crippen LogP) is 1.79. The number of aryl methyl sites for hydroxylation is 1. The van der Waals surface area contributed by atoms with Crippen molar-refractivity contribution in [2.75, 3.05) is 13.2 Å². The monoisotopic (exact) mass is 394 g/mol. The molecule has 148 valence electrons. The maximum absolute atomic E-state index is 12.6. The number of nitrogens with one attached hydrogen (secondary N) is 2. The average Bonchev–Trinajstić information content (AvgIpc) is 3.11. The maximum atomic E-state index is 12.6. The zero-order valence-corrected chi connectivity index (χ0v) is 16.6. The molecule has 27 heavy (non-hydrogen) atoms. The van der Waals surface area contributed by atoms with Gasteiger partial charge in [-0.05, 0) is 45.4 Å². The molecule has 2 aromatic rings. The molecule has 0 spiro atoms. The van der Waals surface area contributed by atoms with Crippen LogP contribution in [-0.4, -0.2) is 43.1 Å². The van der Waals surface area contributed by atoms with Crippen LogP contribution in [0.25, 0.3) is 0 Å². The standard InChI is InChI=1S/C18H26N4O4S/c1-4-26-16-7-6-15(12-17(16)27(24,25)21-14(2)3)18(23)20-8-5-10-22-11-9-19-13-22/h6-7,9,11-14,21H,4-5,8,10H2,1-3H3,(H,20,23). The topological polar surface area (TPSA) is 102 Å². The van der Waals surface area contributed by atoms with Gasteiger partial charge in [-0.2, -0.15) is 0 Å². The molecule has 1 aromatic heterocycles. The van der Waals surface area contributed by atoms with Gasteiger partial charge in [0.15, 0.2) is 0 Å². The Balaban J connectivity index is 2.09. The van der Waals surface area contributed by atoms with E-state index >= 15 is 0 Å². The lowest BCUT2D eigenvalue weighted by atomic mass is 10.2. The molecule has 1 aromatic carbocycles. The molecule has 0 saturated carbocycles. The summed E-state index contributed by atoms with van der Waals surface area (Å²) < 4.78 is 35.0. The number of benzene rings is 1. The summed E-state index contributed by atoms with van der Waals surface area (Å²) in [4.78, 5) is 16.3. The normalized spacial score (nSPS) is 11.6. The van der Waals surface area contributed by atoms with Crippen molar-refractivity contribution in [1.29, 1.82) is 0 Å². The lowest BCUT2D eigenvalue weighted by Gasteiger charge is -2.15. The van der Waals surface area contributed by atoms with Crippen molar-refractivity contribution in [3.63, 3.8) is 0 Å². The molecule has 0 atom stereocenters. The van der Waals surface area contributed by atoms with Crippen molar-refractivity contribution < 1.29 is 17.9 Å². The fourth-order valence-corrected chi connectivity index (χ4v) is 3.91. The Morgan fingerprint density at radius 3 is 2.74 bits per heavy atom. The van der Waals surface area contributed by atoms with E-state index in [0.29, 0.717) is 13.2 Å². The summed E-state index contributed by atoms with van der Waals surface area (Å²) in [6, 6.07) is 4.15. The molecule has 0 aliphatic carbocycles. The number of ether oxygens (including phenoxy) is 1. The molecule has 9 heteroatoms. The van der Waals surface area contributed by atoms with Crippen molar-refractivity contribution >= 4 is 15.9 Å². The summed E-state index contributed by atoms with van der Waals surface area (Å²) in [5.41, 5.74) is 0.269. The number of nitrogens with zero attached hydrogens (tertiary/aromatic N) is 2. The van der Waals surface area contributed by atoms with Gasteiger partial charge in [0.25, 0.3) is 5.91 Å². The third-order valence-corrected chi connectivity index (χ3v) is 5.30. The maximum Gasteiger partial charge on any atom is 0.251 e. The van der Waals surface area contributed by atoms with E-state index in [4.69, 9.17) is 4.74 Å². The highest BCUT2D eigenvalue weighted by molar-refractivity contribution is 7.89. The van der Waals surface area contributed by atoms with E-state index in [1.54, 1.807) is 39.4 Å². The second-order valence-corrected chi connectivity index (χ2v) is 7.96. The van der Waals surface area contributed by atoms with Gasteiger partial charge in [-0.15, -0.1) is 0 Å². The molecule has 1 amide bonds. The Hall–Kier alpha value is -2.39. The number of hydrogen-bond donors (Lipinski definition) is 2. The molecule has 0 aliphatic heterocycles. The number of carbonyl (C=O) groups is 1. The van der Waals surface area contributed by atoms with E-state index in [9.17, 15) is 13.2 Å². The van der Waals surface area contributed by atoms with Crippen LogP contribution in [0.2, 0.25) is 0 Å². The van der Waals surface area contributed by atoms with Gasteiger partial charge in [-0.1, -0.05) is 0 Å². The molecule has 2 rings (SSSR count). The third-order valence-electron chi connectivity index (χ3n) is 3.62. The van der Waals surface area contributed by atoms with Crippen LogP contribution in [-0.2, 0) is 16.6 Å². The molecule has 2 N–H and O–H groups in total. The van der Waals surface area contributed by atoms with Gasteiger partial charge in [0.05, 0.1) is 12.9 Å². The van der Waals surface area contributed by atoms with Crippen molar-refractivity contribution in [2.45, 2.75) is 44.7 Å². The molecule has 0 unspecified atom stereocenters. The summed E-state index contributed by atoms with van der Waals surface area (Å²) in [5, 5.41) is 2.80. The Bertz CT molecular complexity index is 848. The van der Waals surface area contributed by atoms with Crippen LogP contribution in [0, 0.1) is 0 Å². The van der Waals surface area contributed by atoms with E-state index < -0.39 is 10.0 Å². The highest BCUT2D eigenvalue weighted by atomic mass is 32.2. The number of hydrogen-bond acceptors (Lipinski definition) is 5. The van der Waals surface area contributed by atoms with Gasteiger partial charge >= 0.3 is 0 Å². The van der Waals surface area contributed by atoms with E-state index in [0.717, 1.165) is 13.0 Å². The quantitative estimate of drug-likeness (QED) is 0.598. The highest BCUT2D eigenvalue weighted by Crippen LogP contribution is 2.25. The largest absolute Gasteiger partial charge is 0.492 e. The minimum atomic E-state index is -3.79.